The van der Waals surface area contributed by atoms with Gasteiger partial charge in [0.05, 0.1) is 30.4 Å². The van der Waals surface area contributed by atoms with Crippen molar-refractivity contribution in [2.75, 3.05) is 24.5 Å². The number of hydrogen-bond donors (Lipinski definition) is 1. The third kappa shape index (κ3) is 3.56. The van der Waals surface area contributed by atoms with Crippen LogP contribution in [0.4, 0.5) is 5.69 Å². The molecule has 0 spiro atoms. The Labute approximate surface area is 141 Å². The van der Waals surface area contributed by atoms with Crippen molar-refractivity contribution < 1.29 is 22.6 Å². The first-order chi connectivity index (χ1) is 11.6. The van der Waals surface area contributed by atoms with Crippen LogP contribution in [0, 0.1) is 0 Å². The van der Waals surface area contributed by atoms with Gasteiger partial charge in [-0.05, 0) is 31.2 Å². The highest BCUT2D eigenvalue weighted by atomic mass is 32.2. The van der Waals surface area contributed by atoms with Crippen molar-refractivity contribution in [2.45, 2.75) is 18.2 Å². The van der Waals surface area contributed by atoms with Crippen LogP contribution < -0.4 is 18.9 Å². The molecule has 7 heteroatoms. The summed E-state index contributed by atoms with van der Waals surface area (Å²) in [5.41, 5.74) is 0.395. The summed E-state index contributed by atoms with van der Waals surface area (Å²) < 4.78 is 44.4. The lowest BCUT2D eigenvalue weighted by Gasteiger charge is -2.14. The Hall–Kier alpha value is -2.41. The Kier molecular flexibility index (Phi) is 4.80. The second kappa shape index (κ2) is 7.00. The number of hydrogen-bond acceptors (Lipinski definition) is 5. The highest BCUT2D eigenvalue weighted by Crippen LogP contribution is 2.33. The van der Waals surface area contributed by atoms with Crippen LogP contribution in [-0.4, -0.2) is 28.2 Å². The maximum Gasteiger partial charge on any atom is 0.262 e. The minimum atomic E-state index is -3.77. The summed E-state index contributed by atoms with van der Waals surface area (Å²) in [6, 6.07) is 11.5. The summed E-state index contributed by atoms with van der Waals surface area (Å²) >= 11 is 0. The lowest BCUT2D eigenvalue weighted by Crippen LogP contribution is -2.14. The molecule has 1 N–H and O–H groups in total. The van der Waals surface area contributed by atoms with Gasteiger partial charge in [-0.25, -0.2) is 8.42 Å². The van der Waals surface area contributed by atoms with Crippen LogP contribution in [0.2, 0.25) is 0 Å². The van der Waals surface area contributed by atoms with Crippen LogP contribution in [0.25, 0.3) is 0 Å². The van der Waals surface area contributed by atoms with E-state index < -0.39 is 10.0 Å². The fraction of sp³-hybridized carbons (Fsp3) is 0.294. The minimum absolute atomic E-state index is 0.109. The first-order valence-electron chi connectivity index (χ1n) is 7.74. The molecule has 0 aliphatic carbocycles. The van der Waals surface area contributed by atoms with E-state index in [0.29, 0.717) is 42.8 Å². The van der Waals surface area contributed by atoms with Gasteiger partial charge in [0, 0.05) is 12.5 Å². The molecule has 0 atom stereocenters. The van der Waals surface area contributed by atoms with Crippen molar-refractivity contribution in [2.24, 2.45) is 0 Å². The molecule has 24 heavy (non-hydrogen) atoms. The molecule has 1 aliphatic rings. The number of para-hydroxylation sites is 2. The van der Waals surface area contributed by atoms with Gasteiger partial charge in [0.25, 0.3) is 10.0 Å². The summed E-state index contributed by atoms with van der Waals surface area (Å²) in [7, 11) is -3.77. The maximum atomic E-state index is 12.7. The Balaban J connectivity index is 1.90. The van der Waals surface area contributed by atoms with Gasteiger partial charge < -0.3 is 14.2 Å². The Morgan fingerprint density at radius 2 is 1.83 bits per heavy atom. The van der Waals surface area contributed by atoms with E-state index in [4.69, 9.17) is 14.2 Å². The summed E-state index contributed by atoms with van der Waals surface area (Å²) in [5.74, 6) is 1.48. The van der Waals surface area contributed by atoms with Gasteiger partial charge in [-0.1, -0.05) is 12.1 Å². The highest BCUT2D eigenvalue weighted by Gasteiger charge is 2.20. The zero-order valence-electron chi connectivity index (χ0n) is 13.3. The molecular formula is C17H19NO5S. The molecule has 0 saturated carbocycles. The van der Waals surface area contributed by atoms with Gasteiger partial charge in [0.15, 0.2) is 11.5 Å². The van der Waals surface area contributed by atoms with Gasteiger partial charge in [-0.15, -0.1) is 0 Å². The highest BCUT2D eigenvalue weighted by molar-refractivity contribution is 7.92. The lowest BCUT2D eigenvalue weighted by atomic mass is 10.3. The molecule has 2 aromatic rings. The van der Waals surface area contributed by atoms with E-state index in [1.165, 1.54) is 12.1 Å². The van der Waals surface area contributed by atoms with Gasteiger partial charge in [0.2, 0.25) is 0 Å². The van der Waals surface area contributed by atoms with Crippen molar-refractivity contribution in [3.8, 4) is 17.2 Å². The monoisotopic (exact) mass is 349 g/mol. The van der Waals surface area contributed by atoms with E-state index in [2.05, 4.69) is 4.72 Å². The molecule has 6 nitrogen and oxygen atoms in total. The van der Waals surface area contributed by atoms with E-state index in [-0.39, 0.29) is 4.90 Å². The van der Waals surface area contributed by atoms with Crippen LogP contribution in [0.5, 0.6) is 17.2 Å². The molecule has 0 saturated heterocycles. The fourth-order valence-electron chi connectivity index (χ4n) is 2.35. The predicted molar refractivity (Wildman–Crippen MR) is 90.5 cm³/mol. The summed E-state index contributed by atoms with van der Waals surface area (Å²) in [6.07, 6.45) is 0.761. The average Bonchev–Trinajstić information content (AvgIpc) is 2.81. The molecule has 0 amide bonds. The molecule has 128 valence electrons. The zero-order chi connectivity index (χ0) is 17.0. The van der Waals surface area contributed by atoms with Crippen LogP contribution in [0.1, 0.15) is 13.3 Å². The normalized spacial score (nSPS) is 13.9. The third-order valence-electron chi connectivity index (χ3n) is 3.46. The second-order valence-electron chi connectivity index (χ2n) is 5.19. The van der Waals surface area contributed by atoms with Gasteiger partial charge in [-0.2, -0.15) is 0 Å². The molecule has 0 unspecified atom stereocenters. The zero-order valence-corrected chi connectivity index (χ0v) is 14.1. The number of sulfonamides is 1. The SMILES string of the molecule is CCOc1ccccc1NS(=O)(=O)c1ccc2c(c1)OCCCO2. The second-order valence-corrected chi connectivity index (χ2v) is 6.88. The molecule has 1 heterocycles. The van der Waals surface area contributed by atoms with Crippen LogP contribution >= 0.6 is 0 Å². The minimum Gasteiger partial charge on any atom is -0.492 e. The Bertz CT molecular complexity index is 819. The smallest absolute Gasteiger partial charge is 0.262 e. The fourth-order valence-corrected chi connectivity index (χ4v) is 3.43. The molecule has 2 aromatic carbocycles. The summed E-state index contributed by atoms with van der Waals surface area (Å²) in [5, 5.41) is 0. The molecule has 1 aliphatic heterocycles. The topological polar surface area (TPSA) is 73.9 Å². The number of benzene rings is 2. The Morgan fingerprint density at radius 3 is 2.62 bits per heavy atom. The lowest BCUT2D eigenvalue weighted by molar-refractivity contribution is 0.297. The van der Waals surface area contributed by atoms with Gasteiger partial charge >= 0.3 is 0 Å². The van der Waals surface area contributed by atoms with E-state index in [1.54, 1.807) is 30.3 Å². The quantitative estimate of drug-likeness (QED) is 0.898. The summed E-state index contributed by atoms with van der Waals surface area (Å²) in [4.78, 5) is 0.109. The van der Waals surface area contributed by atoms with Crippen molar-refractivity contribution >= 4 is 15.7 Å². The van der Waals surface area contributed by atoms with E-state index in [1.807, 2.05) is 6.92 Å². The molecular weight excluding hydrogens is 330 g/mol. The number of fused-ring (bicyclic) bond motifs is 1. The number of anilines is 1. The van der Waals surface area contributed by atoms with E-state index in [0.717, 1.165) is 6.42 Å². The maximum absolute atomic E-state index is 12.7. The largest absolute Gasteiger partial charge is 0.492 e. The first kappa shape index (κ1) is 16.4. The predicted octanol–water partition coefficient (Wildman–Crippen LogP) is 3.05. The van der Waals surface area contributed by atoms with Gasteiger partial charge in [0.1, 0.15) is 5.75 Å². The Morgan fingerprint density at radius 1 is 1.08 bits per heavy atom. The average molecular weight is 349 g/mol. The van der Waals surface area contributed by atoms with Gasteiger partial charge in [-0.3, -0.25) is 4.72 Å². The van der Waals surface area contributed by atoms with Crippen LogP contribution in [-0.2, 0) is 10.0 Å². The van der Waals surface area contributed by atoms with E-state index in [9.17, 15) is 8.42 Å². The van der Waals surface area contributed by atoms with Crippen molar-refractivity contribution in [1.82, 2.24) is 0 Å². The number of nitrogens with one attached hydrogen (secondary N) is 1. The first-order valence-corrected chi connectivity index (χ1v) is 9.23. The van der Waals surface area contributed by atoms with Crippen molar-refractivity contribution in [3.63, 3.8) is 0 Å². The van der Waals surface area contributed by atoms with E-state index >= 15 is 0 Å². The molecule has 0 aromatic heterocycles. The molecule has 0 bridgehead atoms. The number of ether oxygens (including phenoxy) is 3. The molecule has 0 fully saturated rings. The van der Waals surface area contributed by atoms with Crippen LogP contribution in [0.15, 0.2) is 47.4 Å². The standard InChI is InChI=1S/C17H19NO5S/c1-2-21-15-7-4-3-6-14(15)18-24(19,20)13-8-9-16-17(12-13)23-11-5-10-22-16/h3-4,6-9,12,18H,2,5,10-11H2,1H3. The van der Waals surface area contributed by atoms with Crippen molar-refractivity contribution in [3.05, 3.63) is 42.5 Å². The van der Waals surface area contributed by atoms with Crippen LogP contribution in [0.3, 0.4) is 0 Å². The number of rotatable bonds is 5. The molecule has 0 radical (unpaired) electrons. The third-order valence-corrected chi connectivity index (χ3v) is 4.82. The summed E-state index contributed by atoms with van der Waals surface area (Å²) in [6.45, 7) is 3.34. The molecule has 3 rings (SSSR count). The van der Waals surface area contributed by atoms with Crippen molar-refractivity contribution in [1.29, 1.82) is 0 Å².